The molecule has 0 unspecified atom stereocenters. The quantitative estimate of drug-likeness (QED) is 0.506. The van der Waals surface area contributed by atoms with Gasteiger partial charge in [-0.25, -0.2) is 4.39 Å². The molecule has 4 bridgehead atoms. The lowest BCUT2D eigenvalue weighted by Gasteiger charge is -2.07. The van der Waals surface area contributed by atoms with Crippen molar-refractivity contribution < 1.29 is 9.50 Å². The standard InChI is InChI=1S/C7H9FO/c8-6-3-1-2-4(6)5(2)7(3)9/h2-7,9H,1H2/t2-,3+,4+,5-,6+,7+/m0/s1. The SMILES string of the molecule is O[C@@H]1[C@@H]2C[C@H]3[C@@H]([C@@H]2F)[C@@H]13. The molecule has 0 aliphatic heterocycles. The van der Waals surface area contributed by atoms with Crippen molar-refractivity contribution in [2.75, 3.05) is 0 Å². The second kappa shape index (κ2) is 1.05. The van der Waals surface area contributed by atoms with E-state index < -0.39 is 6.17 Å². The molecular weight excluding hydrogens is 119 g/mol. The van der Waals surface area contributed by atoms with Gasteiger partial charge in [0, 0.05) is 5.92 Å². The third-order valence-corrected chi connectivity index (χ3v) is 3.45. The van der Waals surface area contributed by atoms with Gasteiger partial charge in [0.1, 0.15) is 6.17 Å². The fourth-order valence-electron chi connectivity index (χ4n) is 3.01. The van der Waals surface area contributed by atoms with Gasteiger partial charge in [0.15, 0.2) is 0 Å². The molecule has 9 heavy (non-hydrogen) atoms. The molecule has 4 saturated carbocycles. The Morgan fingerprint density at radius 2 is 2.00 bits per heavy atom. The first kappa shape index (κ1) is 4.67. The minimum atomic E-state index is -0.644. The third-order valence-electron chi connectivity index (χ3n) is 3.45. The van der Waals surface area contributed by atoms with Crippen LogP contribution in [0, 0.1) is 23.7 Å². The van der Waals surface area contributed by atoms with E-state index in [1.165, 1.54) is 0 Å². The molecule has 2 heteroatoms. The average Bonchev–Trinajstić information content (AvgIpc) is 2.18. The molecular formula is C7H9FO. The van der Waals surface area contributed by atoms with Gasteiger partial charge < -0.3 is 5.11 Å². The van der Waals surface area contributed by atoms with Crippen LogP contribution in [0.4, 0.5) is 4.39 Å². The van der Waals surface area contributed by atoms with Gasteiger partial charge in [-0.1, -0.05) is 0 Å². The molecule has 0 aromatic heterocycles. The van der Waals surface area contributed by atoms with Crippen LogP contribution < -0.4 is 0 Å². The third kappa shape index (κ3) is 0.306. The van der Waals surface area contributed by atoms with E-state index in [1.807, 2.05) is 0 Å². The van der Waals surface area contributed by atoms with Crippen LogP contribution in [0.2, 0.25) is 0 Å². The summed E-state index contributed by atoms with van der Waals surface area (Å²) < 4.78 is 12.9. The lowest BCUT2D eigenvalue weighted by Crippen LogP contribution is -2.16. The van der Waals surface area contributed by atoms with E-state index in [1.54, 1.807) is 0 Å². The van der Waals surface area contributed by atoms with Crippen molar-refractivity contribution in [1.29, 1.82) is 0 Å². The second-order valence-corrected chi connectivity index (χ2v) is 3.65. The predicted octanol–water partition coefficient (Wildman–Crippen LogP) is 0.581. The summed E-state index contributed by atoms with van der Waals surface area (Å²) in [5, 5.41) is 9.28. The van der Waals surface area contributed by atoms with Crippen molar-refractivity contribution in [3.63, 3.8) is 0 Å². The molecule has 0 aromatic rings. The number of alkyl halides is 1. The van der Waals surface area contributed by atoms with Gasteiger partial charge in [0.05, 0.1) is 6.10 Å². The summed E-state index contributed by atoms with van der Waals surface area (Å²) in [4.78, 5) is 0. The molecule has 0 aromatic carbocycles. The van der Waals surface area contributed by atoms with E-state index >= 15 is 0 Å². The highest BCUT2D eigenvalue weighted by atomic mass is 19.1. The molecule has 0 spiro atoms. The van der Waals surface area contributed by atoms with Crippen molar-refractivity contribution >= 4 is 0 Å². The molecule has 6 atom stereocenters. The normalized spacial score (nSPS) is 75.3. The van der Waals surface area contributed by atoms with Gasteiger partial charge in [-0.2, -0.15) is 0 Å². The van der Waals surface area contributed by atoms with E-state index in [4.69, 9.17) is 0 Å². The molecule has 4 aliphatic carbocycles. The highest BCUT2D eigenvalue weighted by molar-refractivity contribution is 5.21. The zero-order valence-electron chi connectivity index (χ0n) is 5.00. The molecule has 0 saturated heterocycles. The number of hydrogen-bond acceptors (Lipinski definition) is 1. The van der Waals surface area contributed by atoms with Crippen LogP contribution in [0.1, 0.15) is 6.42 Å². The first-order valence-electron chi connectivity index (χ1n) is 3.63. The number of aliphatic hydroxyl groups excluding tert-OH is 1. The summed E-state index contributed by atoms with van der Waals surface area (Å²) in [6.45, 7) is 0. The summed E-state index contributed by atoms with van der Waals surface area (Å²) in [5.74, 6) is 1.28. The maximum Gasteiger partial charge on any atom is 0.109 e. The molecule has 0 radical (unpaired) electrons. The Bertz CT molecular complexity index is 150. The Hall–Kier alpha value is -0.110. The summed E-state index contributed by atoms with van der Waals surface area (Å²) in [7, 11) is 0. The van der Waals surface area contributed by atoms with Gasteiger partial charge in [-0.05, 0) is 24.2 Å². The minimum Gasteiger partial charge on any atom is -0.392 e. The van der Waals surface area contributed by atoms with E-state index in [0.717, 1.165) is 6.42 Å². The van der Waals surface area contributed by atoms with Gasteiger partial charge in [-0.15, -0.1) is 0 Å². The molecule has 0 heterocycles. The number of aliphatic hydroxyl groups is 1. The lowest BCUT2D eigenvalue weighted by molar-refractivity contribution is 0.110. The van der Waals surface area contributed by atoms with Crippen LogP contribution in [0.25, 0.3) is 0 Å². The van der Waals surface area contributed by atoms with Crippen LogP contribution in [-0.2, 0) is 0 Å². The lowest BCUT2D eigenvalue weighted by atomic mass is 10.1. The fourth-order valence-corrected chi connectivity index (χ4v) is 3.01. The Balaban J connectivity index is 2.07. The largest absolute Gasteiger partial charge is 0.392 e. The smallest absolute Gasteiger partial charge is 0.109 e. The molecule has 50 valence electrons. The molecule has 1 nitrogen and oxygen atoms in total. The summed E-state index contributed by atoms with van der Waals surface area (Å²) in [6.07, 6.45) is 0.0579. The van der Waals surface area contributed by atoms with E-state index in [-0.39, 0.29) is 17.9 Å². The Morgan fingerprint density at radius 1 is 1.22 bits per heavy atom. The number of rotatable bonds is 0. The summed E-state index contributed by atoms with van der Waals surface area (Å²) in [5.41, 5.74) is 0. The van der Waals surface area contributed by atoms with Crippen LogP contribution in [0.5, 0.6) is 0 Å². The highest BCUT2D eigenvalue weighted by Crippen LogP contribution is 2.71. The van der Waals surface area contributed by atoms with Gasteiger partial charge in [-0.3, -0.25) is 0 Å². The Labute approximate surface area is 52.9 Å². The molecule has 1 N–H and O–H groups in total. The monoisotopic (exact) mass is 128 g/mol. The minimum absolute atomic E-state index is 0.0324. The number of halogens is 1. The van der Waals surface area contributed by atoms with Crippen molar-refractivity contribution in [2.24, 2.45) is 23.7 Å². The molecule has 0 amide bonds. The van der Waals surface area contributed by atoms with Crippen molar-refractivity contribution in [3.8, 4) is 0 Å². The molecule has 4 rings (SSSR count). The van der Waals surface area contributed by atoms with Gasteiger partial charge >= 0.3 is 0 Å². The summed E-state index contributed by atoms with van der Waals surface area (Å²) in [6, 6.07) is 0. The second-order valence-electron chi connectivity index (χ2n) is 3.65. The first-order valence-corrected chi connectivity index (χ1v) is 3.63. The van der Waals surface area contributed by atoms with Crippen molar-refractivity contribution in [1.82, 2.24) is 0 Å². The molecule has 4 aliphatic rings. The van der Waals surface area contributed by atoms with E-state index in [9.17, 15) is 9.50 Å². The maximum atomic E-state index is 12.9. The van der Waals surface area contributed by atoms with Crippen LogP contribution in [-0.4, -0.2) is 17.4 Å². The maximum absolute atomic E-state index is 12.9. The topological polar surface area (TPSA) is 20.2 Å². The Morgan fingerprint density at radius 3 is 2.11 bits per heavy atom. The van der Waals surface area contributed by atoms with Gasteiger partial charge in [0.2, 0.25) is 0 Å². The Kier molecular flexibility index (Phi) is 0.544. The van der Waals surface area contributed by atoms with E-state index in [0.29, 0.717) is 11.8 Å². The molecule has 4 fully saturated rings. The average molecular weight is 128 g/mol. The van der Waals surface area contributed by atoms with E-state index in [2.05, 4.69) is 0 Å². The number of hydrogen-bond donors (Lipinski definition) is 1. The van der Waals surface area contributed by atoms with Crippen LogP contribution >= 0.6 is 0 Å². The summed E-state index contributed by atoms with van der Waals surface area (Å²) >= 11 is 0. The van der Waals surface area contributed by atoms with Crippen LogP contribution in [0.3, 0.4) is 0 Å². The first-order chi connectivity index (χ1) is 4.30. The van der Waals surface area contributed by atoms with Crippen molar-refractivity contribution in [3.05, 3.63) is 0 Å². The van der Waals surface area contributed by atoms with Gasteiger partial charge in [0.25, 0.3) is 0 Å². The zero-order chi connectivity index (χ0) is 6.17. The highest BCUT2D eigenvalue weighted by Gasteiger charge is 2.74. The zero-order valence-corrected chi connectivity index (χ0v) is 5.00. The predicted molar refractivity (Wildman–Crippen MR) is 29.5 cm³/mol. The van der Waals surface area contributed by atoms with Crippen LogP contribution in [0.15, 0.2) is 0 Å². The fraction of sp³-hybridized carbons (Fsp3) is 1.00. The van der Waals surface area contributed by atoms with Crippen molar-refractivity contribution in [2.45, 2.75) is 18.7 Å².